The molecule has 4 heteroatoms. The molecule has 3 nitrogen and oxygen atoms in total. The SMILES string of the molecule is COc1cccc2c1OC[C@@H](N[C@@H]1CCCSC1)C2. The molecule has 3 rings (SSSR count). The summed E-state index contributed by atoms with van der Waals surface area (Å²) in [5, 5.41) is 3.75. The van der Waals surface area contributed by atoms with Crippen LogP contribution in [0.15, 0.2) is 18.2 Å². The molecule has 2 heterocycles. The zero-order chi connectivity index (χ0) is 13.1. The van der Waals surface area contributed by atoms with E-state index in [9.17, 15) is 0 Å². The molecule has 2 aliphatic heterocycles. The molecule has 104 valence electrons. The number of thioether (sulfide) groups is 1. The van der Waals surface area contributed by atoms with E-state index in [1.54, 1.807) is 7.11 Å². The minimum absolute atomic E-state index is 0.434. The van der Waals surface area contributed by atoms with Crippen LogP contribution in [0.25, 0.3) is 0 Å². The van der Waals surface area contributed by atoms with Gasteiger partial charge in [0.05, 0.1) is 7.11 Å². The Labute approximate surface area is 119 Å². The first kappa shape index (κ1) is 13.1. The van der Waals surface area contributed by atoms with Gasteiger partial charge < -0.3 is 14.8 Å². The molecule has 2 aliphatic rings. The quantitative estimate of drug-likeness (QED) is 0.921. The van der Waals surface area contributed by atoms with Gasteiger partial charge in [0, 0.05) is 17.8 Å². The summed E-state index contributed by atoms with van der Waals surface area (Å²) in [7, 11) is 1.70. The first-order chi connectivity index (χ1) is 9.36. The molecule has 1 aromatic carbocycles. The topological polar surface area (TPSA) is 30.5 Å². The Kier molecular flexibility index (Phi) is 4.18. The average molecular weight is 279 g/mol. The number of nitrogens with one attached hydrogen (secondary N) is 1. The molecular formula is C15H21NO2S. The predicted octanol–water partition coefficient (Wildman–Crippen LogP) is 2.48. The smallest absolute Gasteiger partial charge is 0.164 e. The van der Waals surface area contributed by atoms with Crippen molar-refractivity contribution in [2.24, 2.45) is 0 Å². The molecule has 2 atom stereocenters. The number of benzene rings is 1. The Morgan fingerprint density at radius 1 is 1.37 bits per heavy atom. The van der Waals surface area contributed by atoms with E-state index >= 15 is 0 Å². The summed E-state index contributed by atoms with van der Waals surface area (Å²) >= 11 is 2.06. The lowest BCUT2D eigenvalue weighted by molar-refractivity contribution is 0.217. The van der Waals surface area contributed by atoms with Gasteiger partial charge in [-0.2, -0.15) is 11.8 Å². The third-order valence-electron chi connectivity index (χ3n) is 3.81. The highest BCUT2D eigenvalue weighted by Gasteiger charge is 2.25. The van der Waals surface area contributed by atoms with Crippen LogP contribution in [0.1, 0.15) is 18.4 Å². The fraction of sp³-hybridized carbons (Fsp3) is 0.600. The van der Waals surface area contributed by atoms with Crippen molar-refractivity contribution >= 4 is 11.8 Å². The van der Waals surface area contributed by atoms with Crippen LogP contribution in [0.2, 0.25) is 0 Å². The van der Waals surface area contributed by atoms with Crippen LogP contribution >= 0.6 is 11.8 Å². The maximum Gasteiger partial charge on any atom is 0.164 e. The molecular weight excluding hydrogens is 258 g/mol. The molecule has 1 fully saturated rings. The molecule has 19 heavy (non-hydrogen) atoms. The van der Waals surface area contributed by atoms with E-state index in [1.807, 2.05) is 12.1 Å². The van der Waals surface area contributed by atoms with Gasteiger partial charge in [-0.1, -0.05) is 12.1 Å². The molecule has 0 unspecified atom stereocenters. The van der Waals surface area contributed by atoms with Crippen LogP contribution in [-0.2, 0) is 6.42 Å². The highest BCUT2D eigenvalue weighted by Crippen LogP contribution is 2.34. The van der Waals surface area contributed by atoms with Crippen molar-refractivity contribution in [3.8, 4) is 11.5 Å². The van der Waals surface area contributed by atoms with Crippen LogP contribution in [-0.4, -0.2) is 37.3 Å². The Hall–Kier alpha value is -0.870. The fourth-order valence-electron chi connectivity index (χ4n) is 2.87. The van der Waals surface area contributed by atoms with Gasteiger partial charge in [-0.05, 0) is 36.6 Å². The number of fused-ring (bicyclic) bond motifs is 1. The van der Waals surface area contributed by atoms with E-state index < -0.39 is 0 Å². The molecule has 0 saturated carbocycles. The maximum absolute atomic E-state index is 5.91. The van der Waals surface area contributed by atoms with Gasteiger partial charge in [-0.25, -0.2) is 0 Å². The van der Waals surface area contributed by atoms with Gasteiger partial charge in [-0.15, -0.1) is 0 Å². The first-order valence-corrected chi connectivity index (χ1v) is 8.15. The van der Waals surface area contributed by atoms with Crippen molar-refractivity contribution in [2.75, 3.05) is 25.2 Å². The predicted molar refractivity (Wildman–Crippen MR) is 79.5 cm³/mol. The third-order valence-corrected chi connectivity index (χ3v) is 5.02. The number of para-hydroxylation sites is 1. The van der Waals surface area contributed by atoms with E-state index in [1.165, 1.54) is 29.9 Å². The lowest BCUT2D eigenvalue weighted by Gasteiger charge is -2.32. The van der Waals surface area contributed by atoms with E-state index in [0.717, 1.165) is 24.5 Å². The Morgan fingerprint density at radius 3 is 3.11 bits per heavy atom. The molecule has 0 aromatic heterocycles. The van der Waals surface area contributed by atoms with Gasteiger partial charge >= 0.3 is 0 Å². The second-order valence-corrected chi connectivity index (χ2v) is 6.39. The monoisotopic (exact) mass is 279 g/mol. The average Bonchev–Trinajstić information content (AvgIpc) is 2.47. The lowest BCUT2D eigenvalue weighted by Crippen LogP contribution is -2.46. The van der Waals surface area contributed by atoms with Gasteiger partial charge in [0.15, 0.2) is 11.5 Å². The standard InChI is InChI=1S/C15H21NO2S/c1-17-14-6-2-4-11-8-13(9-18-15(11)14)16-12-5-3-7-19-10-12/h2,4,6,12-13,16H,3,5,7-10H2,1H3/t12-,13+/m1/s1. The number of rotatable bonds is 3. The van der Waals surface area contributed by atoms with Crippen LogP contribution in [0.3, 0.4) is 0 Å². The van der Waals surface area contributed by atoms with Crippen LogP contribution < -0.4 is 14.8 Å². The fourth-order valence-corrected chi connectivity index (χ4v) is 3.95. The highest BCUT2D eigenvalue weighted by atomic mass is 32.2. The van der Waals surface area contributed by atoms with Crippen molar-refractivity contribution < 1.29 is 9.47 Å². The summed E-state index contributed by atoms with van der Waals surface area (Å²) in [6.07, 6.45) is 3.67. The van der Waals surface area contributed by atoms with Gasteiger partial charge in [-0.3, -0.25) is 0 Å². The molecule has 0 radical (unpaired) electrons. The molecule has 1 aromatic rings. The van der Waals surface area contributed by atoms with Gasteiger partial charge in [0.25, 0.3) is 0 Å². The van der Waals surface area contributed by atoms with E-state index in [-0.39, 0.29) is 0 Å². The summed E-state index contributed by atoms with van der Waals surface area (Å²) in [4.78, 5) is 0. The summed E-state index contributed by atoms with van der Waals surface area (Å²) in [5.41, 5.74) is 1.26. The van der Waals surface area contributed by atoms with Crippen molar-refractivity contribution in [1.29, 1.82) is 0 Å². The minimum Gasteiger partial charge on any atom is -0.493 e. The van der Waals surface area contributed by atoms with Gasteiger partial charge in [0.2, 0.25) is 0 Å². The van der Waals surface area contributed by atoms with Crippen molar-refractivity contribution in [3.05, 3.63) is 23.8 Å². The second-order valence-electron chi connectivity index (χ2n) is 5.24. The summed E-state index contributed by atoms with van der Waals surface area (Å²) in [6.45, 7) is 0.745. The lowest BCUT2D eigenvalue weighted by atomic mass is 10.0. The summed E-state index contributed by atoms with van der Waals surface area (Å²) < 4.78 is 11.3. The molecule has 0 spiro atoms. The van der Waals surface area contributed by atoms with Crippen LogP contribution in [0, 0.1) is 0 Å². The maximum atomic E-state index is 5.91. The largest absolute Gasteiger partial charge is 0.493 e. The highest BCUT2D eigenvalue weighted by molar-refractivity contribution is 7.99. The number of hydrogen-bond acceptors (Lipinski definition) is 4. The number of methoxy groups -OCH3 is 1. The van der Waals surface area contributed by atoms with E-state index in [2.05, 4.69) is 23.1 Å². The van der Waals surface area contributed by atoms with Crippen molar-refractivity contribution in [1.82, 2.24) is 5.32 Å². The van der Waals surface area contributed by atoms with E-state index in [4.69, 9.17) is 9.47 Å². The summed E-state index contributed by atoms with van der Waals surface area (Å²) in [5.74, 6) is 4.34. The third kappa shape index (κ3) is 3.00. The van der Waals surface area contributed by atoms with Crippen molar-refractivity contribution in [3.63, 3.8) is 0 Å². The van der Waals surface area contributed by atoms with Crippen molar-refractivity contribution in [2.45, 2.75) is 31.3 Å². The zero-order valence-corrected chi connectivity index (χ0v) is 12.2. The van der Waals surface area contributed by atoms with Crippen LogP contribution in [0.5, 0.6) is 11.5 Å². The number of hydrogen-bond donors (Lipinski definition) is 1. The van der Waals surface area contributed by atoms with Crippen LogP contribution in [0.4, 0.5) is 0 Å². The Balaban J connectivity index is 1.65. The first-order valence-electron chi connectivity index (χ1n) is 6.99. The molecule has 1 N–H and O–H groups in total. The Bertz CT molecular complexity index is 432. The summed E-state index contributed by atoms with van der Waals surface area (Å²) in [6, 6.07) is 7.23. The Morgan fingerprint density at radius 2 is 2.32 bits per heavy atom. The second kappa shape index (κ2) is 6.06. The normalized spacial score (nSPS) is 26.4. The molecule has 0 aliphatic carbocycles. The minimum atomic E-state index is 0.434. The molecule has 1 saturated heterocycles. The number of ether oxygens (including phenoxy) is 2. The molecule has 0 bridgehead atoms. The zero-order valence-electron chi connectivity index (χ0n) is 11.4. The van der Waals surface area contributed by atoms with Gasteiger partial charge in [0.1, 0.15) is 6.61 Å². The van der Waals surface area contributed by atoms with E-state index in [0.29, 0.717) is 12.1 Å². The molecule has 0 amide bonds.